The van der Waals surface area contributed by atoms with Gasteiger partial charge in [0.15, 0.2) is 11.4 Å². The van der Waals surface area contributed by atoms with Gasteiger partial charge in [0.25, 0.3) is 11.8 Å². The second kappa shape index (κ2) is 8.58. The van der Waals surface area contributed by atoms with Crippen LogP contribution in [0.5, 0.6) is 5.75 Å². The molecule has 3 heterocycles. The van der Waals surface area contributed by atoms with Crippen molar-refractivity contribution in [1.29, 1.82) is 0 Å². The first-order valence-corrected chi connectivity index (χ1v) is 11.0. The highest BCUT2D eigenvalue weighted by atomic mass is 19.1. The number of benzene rings is 1. The monoisotopic (exact) mass is 472 g/mol. The van der Waals surface area contributed by atoms with Crippen LogP contribution >= 0.6 is 0 Å². The smallest absolute Gasteiger partial charge is 0.278 e. The summed E-state index contributed by atoms with van der Waals surface area (Å²) in [4.78, 5) is 40.3. The van der Waals surface area contributed by atoms with Crippen molar-refractivity contribution in [3.63, 3.8) is 0 Å². The van der Waals surface area contributed by atoms with Crippen LogP contribution in [-0.2, 0) is 6.54 Å². The van der Waals surface area contributed by atoms with Crippen LogP contribution in [0.2, 0.25) is 0 Å². The van der Waals surface area contributed by atoms with Crippen LogP contribution in [0.1, 0.15) is 52.7 Å². The topological polar surface area (TPSA) is 94.9 Å². The molecule has 0 fully saturated rings. The largest absolute Gasteiger partial charge is 0.502 e. The average Bonchev–Trinajstić information content (AvgIpc) is 2.90. The van der Waals surface area contributed by atoms with E-state index in [1.54, 1.807) is 5.01 Å². The molecule has 4 rings (SSSR count). The number of carbonyl (C=O) groups is 2. The molecule has 0 saturated heterocycles. The Hall–Kier alpha value is -3.69. The van der Waals surface area contributed by atoms with Crippen LogP contribution < -0.4 is 15.8 Å². The summed E-state index contributed by atoms with van der Waals surface area (Å²) in [5.74, 6) is -3.85. The summed E-state index contributed by atoms with van der Waals surface area (Å²) in [6, 6.07) is 1.83. The number of aryl methyl sites for hydroxylation is 1. The normalized spacial score (nSPS) is 19.3. The molecule has 0 spiro atoms. The molecule has 2 aliphatic rings. The molecule has 2 amide bonds. The highest BCUT2D eigenvalue weighted by Crippen LogP contribution is 2.28. The van der Waals surface area contributed by atoms with Gasteiger partial charge in [-0.1, -0.05) is 26.0 Å². The fourth-order valence-electron chi connectivity index (χ4n) is 4.34. The van der Waals surface area contributed by atoms with E-state index in [0.29, 0.717) is 5.56 Å². The summed E-state index contributed by atoms with van der Waals surface area (Å²) in [6.45, 7) is 7.05. The maximum Gasteiger partial charge on any atom is 0.278 e. The van der Waals surface area contributed by atoms with Crippen LogP contribution in [0.3, 0.4) is 0 Å². The van der Waals surface area contributed by atoms with Crippen LogP contribution in [0.4, 0.5) is 8.78 Å². The van der Waals surface area contributed by atoms with Gasteiger partial charge in [0.1, 0.15) is 23.9 Å². The number of hydrogen-bond donors (Lipinski definition) is 2. The average molecular weight is 472 g/mol. The second-order valence-corrected chi connectivity index (χ2v) is 9.02. The highest BCUT2D eigenvalue weighted by molar-refractivity contribution is 5.99. The Kier molecular flexibility index (Phi) is 5.93. The van der Waals surface area contributed by atoms with E-state index in [4.69, 9.17) is 0 Å². The van der Waals surface area contributed by atoms with Gasteiger partial charge >= 0.3 is 0 Å². The van der Waals surface area contributed by atoms with Crippen molar-refractivity contribution in [2.45, 2.75) is 46.3 Å². The zero-order chi connectivity index (χ0) is 24.9. The van der Waals surface area contributed by atoms with Crippen molar-refractivity contribution < 1.29 is 23.5 Å². The zero-order valence-electron chi connectivity index (χ0n) is 19.3. The van der Waals surface area contributed by atoms with Crippen molar-refractivity contribution in [3.05, 3.63) is 74.7 Å². The predicted octanol–water partition coefficient (Wildman–Crippen LogP) is 2.40. The van der Waals surface area contributed by atoms with Crippen molar-refractivity contribution in [1.82, 2.24) is 14.9 Å². The van der Waals surface area contributed by atoms with Crippen molar-refractivity contribution in [3.8, 4) is 5.75 Å². The van der Waals surface area contributed by atoms with E-state index < -0.39 is 46.7 Å². The first-order chi connectivity index (χ1) is 16.0. The molecule has 180 valence electrons. The third kappa shape index (κ3) is 3.82. The Labute approximate surface area is 195 Å². The van der Waals surface area contributed by atoms with Crippen molar-refractivity contribution in [2.24, 2.45) is 5.92 Å². The second-order valence-electron chi connectivity index (χ2n) is 9.02. The first-order valence-electron chi connectivity index (χ1n) is 11.0. The van der Waals surface area contributed by atoms with E-state index in [0.717, 1.165) is 12.1 Å². The minimum absolute atomic E-state index is 0.107. The maximum atomic E-state index is 14.2. The quantitative estimate of drug-likeness (QED) is 0.667. The lowest BCUT2D eigenvalue weighted by atomic mass is 10.0. The van der Waals surface area contributed by atoms with Gasteiger partial charge in [-0.05, 0) is 37.5 Å². The third-order valence-electron chi connectivity index (χ3n) is 6.26. The number of rotatable bonds is 4. The molecule has 0 unspecified atom stereocenters. The number of nitrogens with zero attached hydrogens (tertiary/aromatic N) is 3. The molecule has 2 aliphatic heterocycles. The molecule has 0 radical (unpaired) electrons. The summed E-state index contributed by atoms with van der Waals surface area (Å²) in [6.07, 6.45) is 5.04. The molecule has 0 saturated carbocycles. The number of amides is 2. The summed E-state index contributed by atoms with van der Waals surface area (Å²) in [7, 11) is 0. The third-order valence-corrected chi connectivity index (χ3v) is 6.26. The molecule has 1 aromatic heterocycles. The lowest BCUT2D eigenvalue weighted by Gasteiger charge is -2.43. The van der Waals surface area contributed by atoms with Crippen molar-refractivity contribution >= 4 is 11.8 Å². The Morgan fingerprint density at radius 1 is 1.21 bits per heavy atom. The fraction of sp³-hybridized carbons (Fsp3) is 0.375. The van der Waals surface area contributed by atoms with Crippen LogP contribution in [-0.4, -0.2) is 45.2 Å². The Morgan fingerprint density at radius 3 is 2.47 bits per heavy atom. The van der Waals surface area contributed by atoms with E-state index in [-0.39, 0.29) is 35.9 Å². The molecule has 2 aromatic rings. The van der Waals surface area contributed by atoms with E-state index in [1.807, 2.05) is 32.9 Å². The molecule has 1 aromatic carbocycles. The van der Waals surface area contributed by atoms with Crippen LogP contribution in [0, 0.1) is 24.5 Å². The number of pyridine rings is 1. The van der Waals surface area contributed by atoms with Crippen LogP contribution in [0.25, 0.3) is 0 Å². The van der Waals surface area contributed by atoms with Gasteiger partial charge in [0.05, 0.1) is 6.04 Å². The van der Waals surface area contributed by atoms with Crippen LogP contribution in [0.15, 0.2) is 35.3 Å². The Bertz CT molecular complexity index is 1250. The lowest BCUT2D eigenvalue weighted by molar-refractivity contribution is 0.0646. The number of halogens is 2. The van der Waals surface area contributed by atoms with E-state index in [1.165, 1.54) is 22.7 Å². The summed E-state index contributed by atoms with van der Waals surface area (Å²) in [5.41, 5.74) is -1.67. The van der Waals surface area contributed by atoms with Gasteiger partial charge in [-0.25, -0.2) is 8.78 Å². The molecule has 0 aliphatic carbocycles. The number of nitrogens with one attached hydrogen (secondary N) is 1. The highest BCUT2D eigenvalue weighted by Gasteiger charge is 2.39. The van der Waals surface area contributed by atoms with Gasteiger partial charge < -0.3 is 15.3 Å². The molecule has 34 heavy (non-hydrogen) atoms. The first kappa shape index (κ1) is 23.5. The SMILES string of the molecule is Cc1cc(F)c(CNC(=O)c2cn3c(c(O)c2=O)C(=O)N2CN3[C@H](C(C)C)C=C[C@@H]2C)c(F)c1. The molecule has 10 heteroatoms. The van der Waals surface area contributed by atoms with Crippen molar-refractivity contribution in [2.75, 3.05) is 11.7 Å². The molecular weight excluding hydrogens is 446 g/mol. The Morgan fingerprint density at radius 2 is 1.85 bits per heavy atom. The van der Waals surface area contributed by atoms with Gasteiger partial charge in [-0.2, -0.15) is 0 Å². The van der Waals surface area contributed by atoms with Gasteiger partial charge in [-0.3, -0.25) is 24.1 Å². The zero-order valence-corrected chi connectivity index (χ0v) is 19.3. The van der Waals surface area contributed by atoms with E-state index in [2.05, 4.69) is 5.32 Å². The lowest BCUT2D eigenvalue weighted by Crippen LogP contribution is -2.59. The number of carbonyl (C=O) groups excluding carboxylic acids is 2. The van der Waals surface area contributed by atoms with Gasteiger partial charge in [0.2, 0.25) is 5.43 Å². The summed E-state index contributed by atoms with van der Waals surface area (Å²) >= 11 is 0. The Balaban J connectivity index is 1.74. The van der Waals surface area contributed by atoms with E-state index >= 15 is 0 Å². The number of fused-ring (bicyclic) bond motifs is 4. The summed E-state index contributed by atoms with van der Waals surface area (Å²) in [5, 5.41) is 14.8. The maximum absolute atomic E-state index is 14.2. The number of aromatic nitrogens is 1. The number of hydrogen-bond acceptors (Lipinski definition) is 5. The fourth-order valence-corrected chi connectivity index (χ4v) is 4.34. The molecular formula is C24H26F2N4O4. The molecule has 2 bridgehead atoms. The van der Waals surface area contributed by atoms with E-state index in [9.17, 15) is 28.3 Å². The van der Waals surface area contributed by atoms with Gasteiger partial charge in [-0.15, -0.1) is 0 Å². The standard InChI is InChI=1S/C24H26F2N4O4/c1-12(2)19-6-5-14(4)28-11-30(19)29-10-16(21(31)22(32)20(29)24(28)34)23(33)27-9-15-17(25)7-13(3)8-18(15)26/h5-8,10,12,14,19,32H,9,11H2,1-4H3,(H,27,33)/t14-,19-/m0/s1. The minimum Gasteiger partial charge on any atom is -0.502 e. The summed E-state index contributed by atoms with van der Waals surface area (Å²) < 4.78 is 29.6. The molecule has 2 atom stereocenters. The predicted molar refractivity (Wildman–Crippen MR) is 121 cm³/mol. The van der Waals surface area contributed by atoms with Gasteiger partial charge in [0, 0.05) is 24.3 Å². The minimum atomic E-state index is -1.04. The molecule has 8 nitrogen and oxygen atoms in total. The number of aromatic hydroxyl groups is 1. The molecule has 2 N–H and O–H groups in total.